The molecule has 0 unspecified atom stereocenters. The Balaban J connectivity index is 1.62. The molecule has 0 aliphatic heterocycles. The van der Waals surface area contributed by atoms with Crippen LogP contribution in [0.2, 0.25) is 0 Å². The van der Waals surface area contributed by atoms with Crippen LogP contribution in [0.5, 0.6) is 11.5 Å². The average Bonchev–Trinajstić information content (AvgIpc) is 3.05. The maximum atomic E-state index is 13.3. The maximum Gasteiger partial charge on any atom is 0.349 e. The number of ether oxygens (including phenoxy) is 3. The van der Waals surface area contributed by atoms with Gasteiger partial charge in [0.05, 0.1) is 12.2 Å². The first-order valence-corrected chi connectivity index (χ1v) is 16.0. The molecule has 9 nitrogen and oxygen atoms in total. The van der Waals surface area contributed by atoms with Crippen LogP contribution in [0.15, 0.2) is 72.8 Å². The number of nitrogens with one attached hydrogen (secondary N) is 2. The summed E-state index contributed by atoms with van der Waals surface area (Å²) in [6.07, 6.45) is 2.22. The molecular weight excluding hydrogens is 570 g/mol. The Morgan fingerprint density at radius 3 is 2.24 bits per heavy atom. The van der Waals surface area contributed by atoms with Crippen molar-refractivity contribution in [2.45, 2.75) is 72.6 Å². The Bertz CT molecular complexity index is 1300. The topological polar surface area (TPSA) is 98.4 Å². The van der Waals surface area contributed by atoms with Crippen molar-refractivity contribution in [3.8, 4) is 11.5 Å². The predicted molar refractivity (Wildman–Crippen MR) is 178 cm³/mol. The first-order valence-electron chi connectivity index (χ1n) is 16.0. The van der Waals surface area contributed by atoms with Crippen LogP contribution in [-0.2, 0) is 27.4 Å². The van der Waals surface area contributed by atoms with E-state index in [0.29, 0.717) is 49.8 Å². The summed E-state index contributed by atoms with van der Waals surface area (Å²) in [5, 5.41) is 3.30. The fourth-order valence-corrected chi connectivity index (χ4v) is 4.56. The van der Waals surface area contributed by atoms with Gasteiger partial charge in [-0.15, -0.1) is 0 Å². The highest BCUT2D eigenvalue weighted by Crippen LogP contribution is 2.27. The third-order valence-electron chi connectivity index (χ3n) is 7.20. The van der Waals surface area contributed by atoms with Crippen molar-refractivity contribution in [1.29, 1.82) is 0 Å². The second-order valence-electron chi connectivity index (χ2n) is 11.1. The van der Waals surface area contributed by atoms with E-state index in [9.17, 15) is 9.59 Å². The molecule has 3 rings (SSSR count). The van der Waals surface area contributed by atoms with Crippen LogP contribution in [0.25, 0.3) is 0 Å². The zero-order valence-corrected chi connectivity index (χ0v) is 27.3. The SMILES string of the molecule is CCCCOc1cc(C(=O)OCCN(CC)CC)ccc1NOC(=O)[C@@H](Cc1ccc(OCc2ccccc2)cc1)NC(C)C. The van der Waals surface area contributed by atoms with Crippen LogP contribution < -0.4 is 20.3 Å². The highest BCUT2D eigenvalue weighted by Gasteiger charge is 2.23. The number of likely N-dealkylation sites (N-methyl/N-ethyl adjacent to an activating group) is 1. The van der Waals surface area contributed by atoms with E-state index < -0.39 is 18.0 Å². The summed E-state index contributed by atoms with van der Waals surface area (Å²) in [6.45, 7) is 13.9. The van der Waals surface area contributed by atoms with Crippen molar-refractivity contribution in [2.24, 2.45) is 0 Å². The van der Waals surface area contributed by atoms with Crippen LogP contribution in [0, 0.1) is 0 Å². The molecule has 3 aromatic rings. The van der Waals surface area contributed by atoms with Gasteiger partial charge in [0, 0.05) is 12.6 Å². The zero-order valence-electron chi connectivity index (χ0n) is 27.3. The van der Waals surface area contributed by atoms with Crippen LogP contribution in [0.4, 0.5) is 5.69 Å². The largest absolute Gasteiger partial charge is 0.491 e. The van der Waals surface area contributed by atoms with Crippen LogP contribution in [0.3, 0.4) is 0 Å². The van der Waals surface area contributed by atoms with Crippen molar-refractivity contribution < 1.29 is 28.6 Å². The molecule has 0 saturated carbocycles. The smallest absolute Gasteiger partial charge is 0.349 e. The molecule has 2 N–H and O–H groups in total. The number of hydrogen-bond acceptors (Lipinski definition) is 9. The quantitative estimate of drug-likeness (QED) is 0.0843. The summed E-state index contributed by atoms with van der Waals surface area (Å²) < 4.78 is 17.3. The number of benzene rings is 3. The molecule has 0 amide bonds. The number of esters is 1. The number of rotatable bonds is 20. The molecule has 9 heteroatoms. The molecule has 0 aliphatic rings. The maximum absolute atomic E-state index is 13.3. The van der Waals surface area contributed by atoms with E-state index in [1.54, 1.807) is 18.2 Å². The van der Waals surface area contributed by atoms with Gasteiger partial charge in [-0.1, -0.05) is 83.5 Å². The van der Waals surface area contributed by atoms with Gasteiger partial charge in [0.1, 0.15) is 36.4 Å². The number of carbonyl (C=O) groups excluding carboxylic acids is 2. The fraction of sp³-hybridized carbons (Fsp3) is 0.444. The van der Waals surface area contributed by atoms with Crippen molar-refractivity contribution in [3.63, 3.8) is 0 Å². The summed E-state index contributed by atoms with van der Waals surface area (Å²) >= 11 is 0. The Morgan fingerprint density at radius 2 is 1.58 bits per heavy atom. The van der Waals surface area contributed by atoms with Crippen LogP contribution in [0.1, 0.15) is 68.9 Å². The summed E-state index contributed by atoms with van der Waals surface area (Å²) in [7, 11) is 0. The van der Waals surface area contributed by atoms with Gasteiger partial charge in [0.25, 0.3) is 0 Å². The minimum absolute atomic E-state index is 0.0518. The normalized spacial score (nSPS) is 11.7. The highest BCUT2D eigenvalue weighted by molar-refractivity contribution is 5.91. The van der Waals surface area contributed by atoms with Gasteiger partial charge in [0.2, 0.25) is 0 Å². The minimum Gasteiger partial charge on any atom is -0.491 e. The van der Waals surface area contributed by atoms with Crippen LogP contribution >= 0.6 is 0 Å². The predicted octanol–water partition coefficient (Wildman–Crippen LogP) is 6.42. The van der Waals surface area contributed by atoms with Gasteiger partial charge in [-0.3, -0.25) is 0 Å². The second-order valence-corrected chi connectivity index (χ2v) is 11.1. The van der Waals surface area contributed by atoms with E-state index in [0.717, 1.165) is 42.8 Å². The lowest BCUT2D eigenvalue weighted by atomic mass is 10.1. The number of hydrogen-bond donors (Lipinski definition) is 2. The molecule has 0 spiro atoms. The second kappa shape index (κ2) is 19.3. The number of nitrogens with zero attached hydrogens (tertiary/aromatic N) is 1. The van der Waals surface area contributed by atoms with Gasteiger partial charge in [-0.05, 0) is 67.4 Å². The average molecular weight is 620 g/mol. The van der Waals surface area contributed by atoms with Gasteiger partial charge >= 0.3 is 11.9 Å². The molecule has 0 aromatic heterocycles. The first-order chi connectivity index (χ1) is 21.8. The lowest BCUT2D eigenvalue weighted by Gasteiger charge is -2.21. The van der Waals surface area contributed by atoms with E-state index in [-0.39, 0.29) is 6.04 Å². The summed E-state index contributed by atoms with van der Waals surface area (Å²) in [5.41, 5.74) is 5.64. The Kier molecular flexibility index (Phi) is 15.2. The lowest BCUT2D eigenvalue weighted by molar-refractivity contribution is -0.143. The van der Waals surface area contributed by atoms with Gasteiger partial charge in [-0.25, -0.2) is 15.1 Å². The third kappa shape index (κ3) is 12.4. The van der Waals surface area contributed by atoms with Gasteiger partial charge in [0.15, 0.2) is 0 Å². The van der Waals surface area contributed by atoms with E-state index in [2.05, 4.69) is 36.5 Å². The molecular formula is C36H49N3O6. The molecule has 3 aromatic carbocycles. The molecule has 244 valence electrons. The fourth-order valence-electron chi connectivity index (χ4n) is 4.56. The molecule has 0 fully saturated rings. The van der Waals surface area contributed by atoms with Gasteiger partial charge in [-0.2, -0.15) is 0 Å². The molecule has 0 aliphatic carbocycles. The van der Waals surface area contributed by atoms with Crippen molar-refractivity contribution in [3.05, 3.63) is 89.5 Å². The summed E-state index contributed by atoms with van der Waals surface area (Å²) in [5.74, 6) is 0.275. The zero-order chi connectivity index (χ0) is 32.4. The lowest BCUT2D eigenvalue weighted by Crippen LogP contribution is -2.44. The van der Waals surface area contributed by atoms with Crippen LogP contribution in [-0.4, -0.2) is 61.8 Å². The Hall–Kier alpha value is -4.08. The van der Waals surface area contributed by atoms with E-state index >= 15 is 0 Å². The highest BCUT2D eigenvalue weighted by atomic mass is 16.7. The van der Waals surface area contributed by atoms with E-state index in [4.69, 9.17) is 19.0 Å². The van der Waals surface area contributed by atoms with E-state index in [1.807, 2.05) is 68.4 Å². The van der Waals surface area contributed by atoms with Crippen molar-refractivity contribution >= 4 is 17.6 Å². The number of unbranched alkanes of at least 4 members (excludes halogenated alkanes) is 1. The Morgan fingerprint density at radius 1 is 0.844 bits per heavy atom. The molecule has 0 saturated heterocycles. The number of anilines is 1. The number of carbonyl (C=O) groups is 2. The van der Waals surface area contributed by atoms with E-state index in [1.165, 1.54) is 0 Å². The summed E-state index contributed by atoms with van der Waals surface area (Å²) in [4.78, 5) is 33.7. The summed E-state index contributed by atoms with van der Waals surface area (Å²) in [6, 6.07) is 22.1. The Labute approximate surface area is 268 Å². The third-order valence-corrected chi connectivity index (χ3v) is 7.20. The van der Waals surface area contributed by atoms with Gasteiger partial charge < -0.3 is 29.3 Å². The molecule has 45 heavy (non-hydrogen) atoms. The molecule has 1 atom stereocenters. The molecule has 0 heterocycles. The standard InChI is InChI=1S/C36H49N3O6/c1-6-9-22-42-34-25-30(35(40)43-23-21-39(7-2)8-3)17-20-32(34)38-45-36(41)33(37-27(4)5)24-28-15-18-31(19-16-28)44-26-29-13-11-10-12-14-29/h10-20,25,27,33,37-38H,6-9,21-24,26H2,1-5H3/t33-/m1/s1. The molecule has 0 radical (unpaired) electrons. The van der Waals surface area contributed by atoms with Crippen molar-refractivity contribution in [1.82, 2.24) is 10.2 Å². The molecule has 0 bridgehead atoms. The first kappa shape index (κ1) is 35.4. The van der Waals surface area contributed by atoms with Crippen molar-refractivity contribution in [2.75, 3.05) is 38.3 Å². The monoisotopic (exact) mass is 619 g/mol. The minimum atomic E-state index is -0.599.